The predicted molar refractivity (Wildman–Crippen MR) is 54.9 cm³/mol. The highest BCUT2D eigenvalue weighted by molar-refractivity contribution is 8.06. The van der Waals surface area contributed by atoms with Gasteiger partial charge >= 0.3 is 0 Å². The number of sulfone groups is 1. The Hall–Kier alpha value is -0.180. The lowest BCUT2D eigenvalue weighted by molar-refractivity contribution is 0.552. The van der Waals surface area contributed by atoms with Crippen molar-refractivity contribution in [2.45, 2.75) is 19.4 Å². The molecule has 0 rings (SSSR count). The Morgan fingerprint density at radius 3 is 2.14 bits per heavy atom. The minimum Gasteiger partial charge on any atom is -0.330 e. The molecule has 3 N–H and O–H groups in total. The van der Waals surface area contributed by atoms with Crippen LogP contribution in [0.25, 0.3) is 0 Å². The number of nitrogens with two attached hydrogens (primary N) is 1. The van der Waals surface area contributed by atoms with E-state index in [4.69, 9.17) is 5.73 Å². The van der Waals surface area contributed by atoms with Crippen LogP contribution >= 0.6 is 0 Å². The van der Waals surface area contributed by atoms with Crippen molar-refractivity contribution in [2.75, 3.05) is 17.9 Å². The van der Waals surface area contributed by atoms with E-state index in [0.29, 0.717) is 13.0 Å². The summed E-state index contributed by atoms with van der Waals surface area (Å²) in [7, 11) is -7.28. The van der Waals surface area contributed by atoms with Gasteiger partial charge in [-0.1, -0.05) is 0 Å². The number of nitrogens with one attached hydrogen (secondary N) is 1. The summed E-state index contributed by atoms with van der Waals surface area (Å²) in [6, 6.07) is -0.341. The van der Waals surface area contributed by atoms with Crippen LogP contribution in [0.4, 0.5) is 0 Å². The number of hydrogen-bond donors (Lipinski definition) is 2. The zero-order valence-corrected chi connectivity index (χ0v) is 9.86. The van der Waals surface area contributed by atoms with Gasteiger partial charge in [-0.15, -0.1) is 0 Å². The number of sulfonamides is 1. The summed E-state index contributed by atoms with van der Waals surface area (Å²) in [5.74, 6) is 0. The monoisotopic (exact) mass is 244 g/mol. The van der Waals surface area contributed by atoms with Crippen molar-refractivity contribution in [1.82, 2.24) is 4.72 Å². The summed E-state index contributed by atoms with van der Waals surface area (Å²) in [5.41, 5.74) is 5.22. The van der Waals surface area contributed by atoms with Crippen molar-refractivity contribution in [3.8, 4) is 0 Å². The van der Waals surface area contributed by atoms with E-state index in [2.05, 4.69) is 4.72 Å². The topological polar surface area (TPSA) is 106 Å². The molecular formula is C6H16N2O4S2. The molecule has 1 atom stereocenters. The average Bonchev–Trinajstić information content (AvgIpc) is 1.78. The van der Waals surface area contributed by atoms with Crippen LogP contribution in [0.2, 0.25) is 0 Å². The second-order valence-corrected chi connectivity index (χ2v) is 7.51. The number of rotatable bonds is 6. The van der Waals surface area contributed by atoms with Gasteiger partial charge in [0.1, 0.15) is 0 Å². The van der Waals surface area contributed by atoms with Crippen molar-refractivity contribution in [1.29, 1.82) is 0 Å². The summed E-state index contributed by atoms with van der Waals surface area (Å²) in [5, 5.41) is -0.880. The summed E-state index contributed by atoms with van der Waals surface area (Å²) in [6.07, 6.45) is 1.35. The van der Waals surface area contributed by atoms with Crippen molar-refractivity contribution in [3.63, 3.8) is 0 Å². The van der Waals surface area contributed by atoms with Crippen molar-refractivity contribution in [2.24, 2.45) is 5.73 Å². The zero-order valence-electron chi connectivity index (χ0n) is 8.23. The minimum atomic E-state index is -3.75. The van der Waals surface area contributed by atoms with E-state index in [1.807, 2.05) is 0 Å². The van der Waals surface area contributed by atoms with Gasteiger partial charge in [-0.25, -0.2) is 21.6 Å². The van der Waals surface area contributed by atoms with E-state index >= 15 is 0 Å². The molecule has 8 heteroatoms. The fourth-order valence-electron chi connectivity index (χ4n) is 0.931. The van der Waals surface area contributed by atoms with Gasteiger partial charge in [0.25, 0.3) is 0 Å². The number of hydrogen-bond acceptors (Lipinski definition) is 5. The van der Waals surface area contributed by atoms with Gasteiger partial charge in [0.2, 0.25) is 10.0 Å². The molecule has 0 radical (unpaired) electrons. The van der Waals surface area contributed by atoms with Crippen LogP contribution in [0.1, 0.15) is 13.3 Å². The van der Waals surface area contributed by atoms with Gasteiger partial charge in [0.15, 0.2) is 14.9 Å². The van der Waals surface area contributed by atoms with E-state index in [0.717, 1.165) is 6.26 Å². The van der Waals surface area contributed by atoms with Crippen molar-refractivity contribution >= 4 is 19.9 Å². The molecule has 0 saturated heterocycles. The van der Waals surface area contributed by atoms with Gasteiger partial charge in [0.05, 0.1) is 0 Å². The van der Waals surface area contributed by atoms with E-state index in [1.54, 1.807) is 6.92 Å². The van der Waals surface area contributed by atoms with Gasteiger partial charge in [-0.2, -0.15) is 0 Å². The maximum atomic E-state index is 11.2. The third-order valence-electron chi connectivity index (χ3n) is 1.35. The first-order valence-electron chi connectivity index (χ1n) is 4.04. The maximum absolute atomic E-state index is 11.2. The third kappa shape index (κ3) is 7.25. The minimum absolute atomic E-state index is 0.341. The average molecular weight is 244 g/mol. The van der Waals surface area contributed by atoms with Crippen LogP contribution < -0.4 is 10.5 Å². The van der Waals surface area contributed by atoms with Crippen LogP contribution in [-0.2, 0) is 19.9 Å². The van der Waals surface area contributed by atoms with Gasteiger partial charge in [-0.05, 0) is 19.9 Å². The van der Waals surface area contributed by atoms with Crippen molar-refractivity contribution in [3.05, 3.63) is 0 Å². The quantitative estimate of drug-likeness (QED) is 0.600. The van der Waals surface area contributed by atoms with E-state index in [1.165, 1.54) is 0 Å². The van der Waals surface area contributed by atoms with Gasteiger partial charge in [-0.3, -0.25) is 0 Å². The first-order valence-corrected chi connectivity index (χ1v) is 7.75. The van der Waals surface area contributed by atoms with Gasteiger partial charge in [0, 0.05) is 12.3 Å². The molecule has 0 spiro atoms. The predicted octanol–water partition coefficient (Wildman–Crippen LogP) is -1.35. The van der Waals surface area contributed by atoms with E-state index < -0.39 is 24.9 Å². The van der Waals surface area contributed by atoms with Crippen LogP contribution in [0.3, 0.4) is 0 Å². The molecule has 0 aromatic rings. The van der Waals surface area contributed by atoms with Crippen LogP contribution in [0.15, 0.2) is 0 Å². The molecule has 6 nitrogen and oxygen atoms in total. The molecular weight excluding hydrogens is 228 g/mol. The summed E-state index contributed by atoms with van der Waals surface area (Å²) >= 11 is 0. The first-order chi connectivity index (χ1) is 6.16. The maximum Gasteiger partial charge on any atom is 0.226 e. The van der Waals surface area contributed by atoms with Crippen molar-refractivity contribution < 1.29 is 16.8 Å². The molecule has 1 unspecified atom stereocenters. The molecule has 0 aromatic heterocycles. The highest BCUT2D eigenvalue weighted by Gasteiger charge is 2.19. The third-order valence-corrected chi connectivity index (χ3v) is 5.06. The smallest absolute Gasteiger partial charge is 0.226 e. The van der Waals surface area contributed by atoms with E-state index in [-0.39, 0.29) is 6.04 Å². The van der Waals surface area contributed by atoms with Crippen LogP contribution in [-0.4, -0.2) is 40.8 Å². The molecule has 0 saturated carbocycles. The Morgan fingerprint density at radius 2 is 1.79 bits per heavy atom. The molecule has 0 aliphatic heterocycles. The molecule has 0 heterocycles. The Bertz CT molecular complexity index is 359. The van der Waals surface area contributed by atoms with E-state index in [9.17, 15) is 16.8 Å². The lowest BCUT2D eigenvalue weighted by Gasteiger charge is -2.12. The molecule has 0 aliphatic rings. The lowest BCUT2D eigenvalue weighted by atomic mass is 10.3. The summed E-state index contributed by atoms with van der Waals surface area (Å²) in [4.78, 5) is 0. The Morgan fingerprint density at radius 1 is 1.29 bits per heavy atom. The normalized spacial score (nSPS) is 15.4. The Labute approximate surface area is 84.8 Å². The van der Waals surface area contributed by atoms with Gasteiger partial charge < -0.3 is 5.73 Å². The Balaban J connectivity index is 4.37. The summed E-state index contributed by atoms with van der Waals surface area (Å²) in [6.45, 7) is 1.98. The van der Waals surface area contributed by atoms with Crippen LogP contribution in [0.5, 0.6) is 0 Å². The molecule has 86 valence electrons. The van der Waals surface area contributed by atoms with Crippen LogP contribution in [0, 0.1) is 0 Å². The second-order valence-electron chi connectivity index (χ2n) is 3.25. The molecule has 0 amide bonds. The fourth-order valence-corrected chi connectivity index (χ4v) is 4.19. The first kappa shape index (κ1) is 13.8. The fraction of sp³-hybridized carbons (Fsp3) is 1.00. The molecule has 14 heavy (non-hydrogen) atoms. The molecule has 0 fully saturated rings. The zero-order chi connectivity index (χ0) is 11.4. The molecule has 0 bridgehead atoms. The largest absolute Gasteiger partial charge is 0.330 e. The highest BCUT2D eigenvalue weighted by Crippen LogP contribution is 1.96. The molecule has 0 aromatic carbocycles. The second kappa shape index (κ2) is 5.06. The Kier molecular flexibility index (Phi) is 4.99. The highest BCUT2D eigenvalue weighted by atomic mass is 32.3. The summed E-state index contributed by atoms with van der Waals surface area (Å²) < 4.78 is 46.1. The molecule has 0 aliphatic carbocycles. The lowest BCUT2D eigenvalue weighted by Crippen LogP contribution is -2.37. The standard InChI is InChI=1S/C6H16N2O4S2/c1-6(3-4-7)8-14(11,12)5-13(2,9)10/h6,8H,3-5,7H2,1-2H3. The SMILES string of the molecule is CC(CCN)NS(=O)(=O)CS(C)(=O)=O.